The Labute approximate surface area is 96.8 Å². The van der Waals surface area contributed by atoms with Crippen LogP contribution < -0.4 is 5.73 Å². The Hall–Kier alpha value is -0.650. The summed E-state index contributed by atoms with van der Waals surface area (Å²) in [6, 6.07) is 7.97. The van der Waals surface area contributed by atoms with Crippen LogP contribution in [0.3, 0.4) is 0 Å². The van der Waals surface area contributed by atoms with E-state index in [-0.39, 0.29) is 6.42 Å². The quantitative estimate of drug-likeness (QED) is 0.593. The minimum absolute atomic E-state index is 0.207. The van der Waals surface area contributed by atoms with Gasteiger partial charge < -0.3 is 10.8 Å². The van der Waals surface area contributed by atoms with Gasteiger partial charge in [0, 0.05) is 17.2 Å². The second-order valence-corrected chi connectivity index (χ2v) is 5.39. The third-order valence-corrected chi connectivity index (χ3v) is 4.10. The summed E-state index contributed by atoms with van der Waals surface area (Å²) < 4.78 is 0. The van der Waals surface area contributed by atoms with Gasteiger partial charge in [0.15, 0.2) is 0 Å². The summed E-state index contributed by atoms with van der Waals surface area (Å²) in [4.78, 5) is 11.4. The van der Waals surface area contributed by atoms with E-state index < -0.39 is 5.97 Å². The molecule has 0 radical (unpaired) electrons. The first-order valence-electron chi connectivity index (χ1n) is 4.52. The summed E-state index contributed by atoms with van der Waals surface area (Å²) in [5.41, 5.74) is 6.58. The largest absolute Gasteiger partial charge is 0.481 e. The van der Waals surface area contributed by atoms with Crippen LogP contribution in [0.4, 0.5) is 0 Å². The molecule has 0 aliphatic heterocycles. The van der Waals surface area contributed by atoms with Gasteiger partial charge in [0.25, 0.3) is 0 Å². The normalized spacial score (nSPS) is 10.2. The number of carboxylic acids is 1. The maximum absolute atomic E-state index is 10.3. The van der Waals surface area contributed by atoms with Crippen molar-refractivity contribution in [2.75, 3.05) is 5.75 Å². The smallest absolute Gasteiger partial charge is 0.304 e. The lowest BCUT2D eigenvalue weighted by molar-refractivity contribution is -0.136. The average molecular weight is 243 g/mol. The lowest BCUT2D eigenvalue weighted by Crippen LogP contribution is -1.95. The molecule has 0 saturated carbocycles. The zero-order chi connectivity index (χ0) is 11.1. The van der Waals surface area contributed by atoms with Gasteiger partial charge in [-0.2, -0.15) is 0 Å². The highest BCUT2D eigenvalue weighted by Crippen LogP contribution is 2.31. The number of nitrogens with two attached hydrogens (primary N) is 1. The van der Waals surface area contributed by atoms with Gasteiger partial charge in [-0.1, -0.05) is 33.7 Å². The zero-order valence-corrected chi connectivity index (χ0v) is 9.81. The van der Waals surface area contributed by atoms with Gasteiger partial charge >= 0.3 is 5.97 Å². The summed E-state index contributed by atoms with van der Waals surface area (Å²) in [5.74, 6) is -0.125. The molecule has 0 unspecified atom stereocenters. The number of hydrogen-bond acceptors (Lipinski definition) is 4. The highest BCUT2D eigenvalue weighted by molar-refractivity contribution is 8.76. The second kappa shape index (κ2) is 6.76. The lowest BCUT2D eigenvalue weighted by Gasteiger charge is -2.01. The van der Waals surface area contributed by atoms with Gasteiger partial charge in [0.2, 0.25) is 0 Å². The Bertz CT molecular complexity index is 314. The van der Waals surface area contributed by atoms with E-state index in [2.05, 4.69) is 0 Å². The van der Waals surface area contributed by atoms with E-state index in [0.29, 0.717) is 12.3 Å². The molecule has 0 amide bonds. The molecule has 0 heterocycles. The van der Waals surface area contributed by atoms with Crippen LogP contribution in [-0.2, 0) is 11.3 Å². The van der Waals surface area contributed by atoms with Crippen molar-refractivity contribution in [3.8, 4) is 0 Å². The molecule has 0 saturated heterocycles. The Balaban J connectivity index is 2.28. The van der Waals surface area contributed by atoms with Gasteiger partial charge in [0.1, 0.15) is 0 Å². The Kier molecular flexibility index (Phi) is 5.60. The third-order valence-electron chi connectivity index (χ3n) is 1.71. The Morgan fingerprint density at radius 1 is 1.33 bits per heavy atom. The number of aliphatic carboxylic acids is 1. The van der Waals surface area contributed by atoms with Gasteiger partial charge in [-0.15, -0.1) is 0 Å². The SMILES string of the molecule is NCc1ccc(SSCCC(=O)O)cc1. The second-order valence-electron chi connectivity index (χ2n) is 2.90. The molecule has 1 rings (SSSR count). The van der Waals surface area contributed by atoms with E-state index in [0.717, 1.165) is 10.5 Å². The van der Waals surface area contributed by atoms with Crippen LogP contribution in [0.25, 0.3) is 0 Å². The lowest BCUT2D eigenvalue weighted by atomic mass is 10.2. The van der Waals surface area contributed by atoms with Crippen molar-refractivity contribution >= 4 is 27.6 Å². The molecule has 5 heteroatoms. The maximum atomic E-state index is 10.3. The summed E-state index contributed by atoms with van der Waals surface area (Å²) >= 11 is 0. The summed E-state index contributed by atoms with van der Waals surface area (Å²) in [7, 11) is 3.15. The monoisotopic (exact) mass is 243 g/mol. The molecule has 0 bridgehead atoms. The van der Waals surface area contributed by atoms with Crippen molar-refractivity contribution < 1.29 is 9.90 Å². The van der Waals surface area contributed by atoms with Crippen molar-refractivity contribution in [1.82, 2.24) is 0 Å². The van der Waals surface area contributed by atoms with Crippen LogP contribution in [0.2, 0.25) is 0 Å². The first-order valence-corrected chi connectivity index (χ1v) is 6.84. The topological polar surface area (TPSA) is 63.3 Å². The van der Waals surface area contributed by atoms with E-state index in [1.165, 1.54) is 0 Å². The summed E-state index contributed by atoms with van der Waals surface area (Å²) in [6.07, 6.45) is 0.207. The van der Waals surface area contributed by atoms with Gasteiger partial charge in [-0.25, -0.2) is 0 Å². The number of benzene rings is 1. The third kappa shape index (κ3) is 5.11. The first-order chi connectivity index (χ1) is 7.22. The molecule has 3 nitrogen and oxygen atoms in total. The van der Waals surface area contributed by atoms with Crippen LogP contribution in [-0.4, -0.2) is 16.8 Å². The molecule has 0 atom stereocenters. The molecule has 15 heavy (non-hydrogen) atoms. The van der Waals surface area contributed by atoms with Crippen molar-refractivity contribution in [3.05, 3.63) is 29.8 Å². The Morgan fingerprint density at radius 2 is 2.00 bits per heavy atom. The van der Waals surface area contributed by atoms with Gasteiger partial charge in [-0.3, -0.25) is 4.79 Å². The van der Waals surface area contributed by atoms with Crippen molar-refractivity contribution in [2.45, 2.75) is 17.9 Å². The molecule has 1 aromatic carbocycles. The zero-order valence-electron chi connectivity index (χ0n) is 8.18. The fourth-order valence-corrected chi connectivity index (χ4v) is 2.89. The summed E-state index contributed by atoms with van der Waals surface area (Å²) in [6.45, 7) is 0.553. The van der Waals surface area contributed by atoms with Crippen LogP contribution in [0.5, 0.6) is 0 Å². The van der Waals surface area contributed by atoms with E-state index in [1.807, 2.05) is 24.3 Å². The van der Waals surface area contributed by atoms with E-state index in [1.54, 1.807) is 21.6 Å². The minimum atomic E-state index is -0.749. The molecule has 0 aliphatic rings. The molecule has 0 spiro atoms. The van der Waals surface area contributed by atoms with E-state index >= 15 is 0 Å². The first kappa shape index (κ1) is 12.4. The predicted octanol–water partition coefficient (Wildman–Crippen LogP) is 2.36. The van der Waals surface area contributed by atoms with Crippen molar-refractivity contribution in [1.29, 1.82) is 0 Å². The number of hydrogen-bond donors (Lipinski definition) is 2. The molecular weight excluding hydrogens is 230 g/mol. The highest BCUT2D eigenvalue weighted by Gasteiger charge is 1.98. The Morgan fingerprint density at radius 3 is 2.53 bits per heavy atom. The van der Waals surface area contributed by atoms with Crippen LogP contribution in [0, 0.1) is 0 Å². The molecule has 0 aromatic heterocycles. The molecule has 1 aromatic rings. The fraction of sp³-hybridized carbons (Fsp3) is 0.300. The maximum Gasteiger partial charge on any atom is 0.304 e. The number of carboxylic acid groups (broad SMARTS) is 1. The standard InChI is InChI=1S/C10H13NO2S2/c11-7-8-1-3-9(4-2-8)15-14-6-5-10(12)13/h1-4H,5-7,11H2,(H,12,13). The van der Waals surface area contributed by atoms with Gasteiger partial charge in [0.05, 0.1) is 6.42 Å². The van der Waals surface area contributed by atoms with E-state index in [9.17, 15) is 4.79 Å². The fourth-order valence-electron chi connectivity index (χ4n) is 0.920. The molecule has 3 N–H and O–H groups in total. The van der Waals surface area contributed by atoms with E-state index in [4.69, 9.17) is 10.8 Å². The van der Waals surface area contributed by atoms with Crippen LogP contribution in [0.15, 0.2) is 29.2 Å². The predicted molar refractivity (Wildman–Crippen MR) is 64.9 cm³/mol. The highest BCUT2D eigenvalue weighted by atomic mass is 33.1. The van der Waals surface area contributed by atoms with Crippen LogP contribution in [0.1, 0.15) is 12.0 Å². The van der Waals surface area contributed by atoms with Crippen LogP contribution >= 0.6 is 21.6 Å². The van der Waals surface area contributed by atoms with Crippen molar-refractivity contribution in [2.24, 2.45) is 5.73 Å². The van der Waals surface area contributed by atoms with Crippen molar-refractivity contribution in [3.63, 3.8) is 0 Å². The molecule has 0 aliphatic carbocycles. The van der Waals surface area contributed by atoms with Gasteiger partial charge in [-0.05, 0) is 17.7 Å². The summed E-state index contributed by atoms with van der Waals surface area (Å²) in [5, 5.41) is 8.44. The molecule has 82 valence electrons. The molecular formula is C10H13NO2S2. The average Bonchev–Trinajstić information content (AvgIpc) is 2.25. The minimum Gasteiger partial charge on any atom is -0.481 e. The number of rotatable bonds is 6. The number of carbonyl (C=O) groups is 1. The molecule has 0 fully saturated rings.